The summed E-state index contributed by atoms with van der Waals surface area (Å²) >= 11 is 0. The van der Waals surface area contributed by atoms with Gasteiger partial charge in [-0.25, -0.2) is 4.79 Å². The van der Waals surface area contributed by atoms with Crippen LogP contribution in [0.2, 0.25) is 0 Å². The van der Waals surface area contributed by atoms with E-state index >= 15 is 0 Å². The van der Waals surface area contributed by atoms with Crippen molar-refractivity contribution in [3.05, 3.63) is 71.0 Å². The number of rotatable bonds is 4. The predicted octanol–water partition coefficient (Wildman–Crippen LogP) is 4.13. The van der Waals surface area contributed by atoms with E-state index in [1.807, 2.05) is 38.1 Å². The number of benzene rings is 2. The maximum absolute atomic E-state index is 12.1. The van der Waals surface area contributed by atoms with Crippen LogP contribution in [-0.4, -0.2) is 17.6 Å². The molecule has 136 valence electrons. The number of esters is 1. The molecule has 2 aromatic carbocycles. The minimum atomic E-state index is -0.607. The summed E-state index contributed by atoms with van der Waals surface area (Å²) in [5.41, 5.74) is 9.25. The molecule has 0 aliphatic carbocycles. The second-order valence-electron chi connectivity index (χ2n) is 6.07. The third kappa shape index (κ3) is 3.35. The van der Waals surface area contributed by atoms with Crippen LogP contribution in [0.25, 0.3) is 5.69 Å². The molecule has 0 spiro atoms. The van der Waals surface area contributed by atoms with E-state index in [0.717, 1.165) is 16.9 Å². The Kier molecular flexibility index (Phi) is 4.86. The van der Waals surface area contributed by atoms with Crippen LogP contribution in [0.5, 0.6) is 11.5 Å². The number of aromatic nitrogens is 1. The number of hydrogen-bond donors (Lipinski definition) is 1. The number of anilines is 1. The smallest absolute Gasteiger partial charge is 0.357 e. The Bertz CT molecular complexity index is 1040. The topological polar surface area (TPSA) is 90.3 Å². The summed E-state index contributed by atoms with van der Waals surface area (Å²) in [4.78, 5) is 12.1. The van der Waals surface area contributed by atoms with E-state index in [4.69, 9.17) is 15.2 Å². The van der Waals surface area contributed by atoms with Crippen LogP contribution in [0.1, 0.15) is 27.2 Å². The molecule has 1 aromatic heterocycles. The van der Waals surface area contributed by atoms with Crippen LogP contribution >= 0.6 is 0 Å². The van der Waals surface area contributed by atoms with Gasteiger partial charge in [0.25, 0.3) is 0 Å². The summed E-state index contributed by atoms with van der Waals surface area (Å²) in [6.45, 7) is 4.04. The van der Waals surface area contributed by atoms with Crippen molar-refractivity contribution >= 4 is 11.7 Å². The fourth-order valence-corrected chi connectivity index (χ4v) is 2.75. The normalized spacial score (nSPS) is 10.3. The lowest BCUT2D eigenvalue weighted by Crippen LogP contribution is -2.11. The van der Waals surface area contributed by atoms with Crippen molar-refractivity contribution < 1.29 is 14.3 Å². The quantitative estimate of drug-likeness (QED) is 0.706. The Hall–Kier alpha value is -3.72. The molecule has 0 radical (unpaired) electrons. The lowest BCUT2D eigenvalue weighted by molar-refractivity contribution is 0.0593. The van der Waals surface area contributed by atoms with Crippen LogP contribution in [0.15, 0.2) is 48.7 Å². The Labute approximate surface area is 157 Å². The van der Waals surface area contributed by atoms with Gasteiger partial charge in [-0.1, -0.05) is 12.1 Å². The van der Waals surface area contributed by atoms with Gasteiger partial charge in [-0.3, -0.25) is 0 Å². The van der Waals surface area contributed by atoms with E-state index in [1.54, 1.807) is 28.8 Å². The maximum atomic E-state index is 12.1. The molecule has 27 heavy (non-hydrogen) atoms. The van der Waals surface area contributed by atoms with Crippen LogP contribution in [-0.2, 0) is 4.74 Å². The number of nitrogens with zero attached hydrogens (tertiary/aromatic N) is 2. The predicted molar refractivity (Wildman–Crippen MR) is 102 cm³/mol. The number of nitriles is 1. The summed E-state index contributed by atoms with van der Waals surface area (Å²) in [5, 5.41) is 9.20. The molecular formula is C21H19N3O3. The SMILES string of the molecule is COC(=O)c1c(N)c(C#N)cn1-c1ccc(Oc2cccc(C)c2C)cc1. The van der Waals surface area contributed by atoms with Crippen molar-refractivity contribution in [2.24, 2.45) is 0 Å². The fraction of sp³-hybridized carbons (Fsp3) is 0.143. The molecule has 0 aliphatic heterocycles. The molecule has 0 saturated carbocycles. The number of carbonyl (C=O) groups is 1. The maximum Gasteiger partial charge on any atom is 0.357 e. The monoisotopic (exact) mass is 361 g/mol. The van der Waals surface area contributed by atoms with E-state index in [9.17, 15) is 10.1 Å². The van der Waals surface area contributed by atoms with E-state index in [0.29, 0.717) is 11.4 Å². The van der Waals surface area contributed by atoms with Gasteiger partial charge in [0, 0.05) is 11.9 Å². The molecule has 0 fully saturated rings. The van der Waals surface area contributed by atoms with Crippen molar-refractivity contribution in [2.75, 3.05) is 12.8 Å². The Balaban J connectivity index is 1.96. The highest BCUT2D eigenvalue weighted by Gasteiger charge is 2.21. The van der Waals surface area contributed by atoms with Crippen LogP contribution in [0, 0.1) is 25.2 Å². The molecule has 0 saturated heterocycles. The zero-order chi connectivity index (χ0) is 19.6. The summed E-state index contributed by atoms with van der Waals surface area (Å²) in [6, 6.07) is 15.0. The molecule has 0 unspecified atom stereocenters. The largest absolute Gasteiger partial charge is 0.464 e. The highest BCUT2D eigenvalue weighted by Crippen LogP contribution is 2.29. The average Bonchev–Trinajstić information content (AvgIpc) is 3.02. The first-order chi connectivity index (χ1) is 13.0. The van der Waals surface area contributed by atoms with Gasteiger partial charge in [-0.2, -0.15) is 5.26 Å². The lowest BCUT2D eigenvalue weighted by atomic mass is 10.1. The van der Waals surface area contributed by atoms with Crippen molar-refractivity contribution in [2.45, 2.75) is 13.8 Å². The number of nitrogen functional groups attached to an aromatic ring is 1. The molecule has 3 rings (SSSR count). The van der Waals surface area contributed by atoms with Crippen molar-refractivity contribution in [1.29, 1.82) is 5.26 Å². The standard InChI is InChI=1S/C21H19N3O3/c1-13-5-4-6-18(14(13)2)27-17-9-7-16(8-10-17)24-12-15(11-22)19(23)20(24)21(25)26-3/h4-10,12H,23H2,1-3H3. The Morgan fingerprint density at radius 2 is 1.85 bits per heavy atom. The summed E-state index contributed by atoms with van der Waals surface area (Å²) in [5.74, 6) is 0.840. The first-order valence-electron chi connectivity index (χ1n) is 8.30. The van der Waals surface area contributed by atoms with E-state index < -0.39 is 5.97 Å². The molecule has 0 atom stereocenters. The molecule has 0 aliphatic rings. The third-order valence-corrected chi connectivity index (χ3v) is 4.44. The first-order valence-corrected chi connectivity index (χ1v) is 8.30. The zero-order valence-electron chi connectivity index (χ0n) is 15.3. The van der Waals surface area contributed by atoms with Gasteiger partial charge in [-0.15, -0.1) is 0 Å². The van der Waals surface area contributed by atoms with Crippen LogP contribution in [0.3, 0.4) is 0 Å². The number of carbonyl (C=O) groups excluding carboxylic acids is 1. The highest BCUT2D eigenvalue weighted by atomic mass is 16.5. The Morgan fingerprint density at radius 3 is 2.48 bits per heavy atom. The van der Waals surface area contributed by atoms with Gasteiger partial charge in [0.15, 0.2) is 5.69 Å². The average molecular weight is 361 g/mol. The second-order valence-corrected chi connectivity index (χ2v) is 6.07. The summed E-state index contributed by atoms with van der Waals surface area (Å²) < 4.78 is 12.3. The van der Waals surface area contributed by atoms with E-state index in [2.05, 4.69) is 0 Å². The number of methoxy groups -OCH3 is 1. The van der Waals surface area contributed by atoms with Crippen LogP contribution in [0.4, 0.5) is 5.69 Å². The fourth-order valence-electron chi connectivity index (χ4n) is 2.75. The van der Waals surface area contributed by atoms with Gasteiger partial charge < -0.3 is 19.8 Å². The number of ether oxygens (including phenoxy) is 2. The first kappa shape index (κ1) is 18.1. The van der Waals surface area contributed by atoms with E-state index in [-0.39, 0.29) is 16.9 Å². The van der Waals surface area contributed by atoms with Gasteiger partial charge in [0.1, 0.15) is 17.6 Å². The molecule has 1 heterocycles. The van der Waals surface area contributed by atoms with Crippen molar-refractivity contribution in [1.82, 2.24) is 4.57 Å². The summed E-state index contributed by atoms with van der Waals surface area (Å²) in [6.07, 6.45) is 1.52. The number of nitrogens with two attached hydrogens (primary N) is 1. The van der Waals surface area contributed by atoms with E-state index in [1.165, 1.54) is 13.3 Å². The molecule has 0 amide bonds. The van der Waals surface area contributed by atoms with Crippen LogP contribution < -0.4 is 10.5 Å². The second kappa shape index (κ2) is 7.26. The summed E-state index contributed by atoms with van der Waals surface area (Å²) in [7, 11) is 1.27. The molecule has 2 N–H and O–H groups in total. The van der Waals surface area contributed by atoms with Gasteiger partial charge in [0.2, 0.25) is 0 Å². The molecule has 6 nitrogen and oxygen atoms in total. The zero-order valence-corrected chi connectivity index (χ0v) is 15.3. The van der Waals surface area contributed by atoms with Crippen molar-refractivity contribution in [3.63, 3.8) is 0 Å². The van der Waals surface area contributed by atoms with Gasteiger partial charge >= 0.3 is 5.97 Å². The molecule has 3 aromatic rings. The molecular weight excluding hydrogens is 342 g/mol. The minimum Gasteiger partial charge on any atom is -0.464 e. The molecule has 6 heteroatoms. The Morgan fingerprint density at radius 1 is 1.15 bits per heavy atom. The van der Waals surface area contributed by atoms with Gasteiger partial charge in [0.05, 0.1) is 18.4 Å². The molecule has 0 bridgehead atoms. The van der Waals surface area contributed by atoms with Crippen molar-refractivity contribution in [3.8, 4) is 23.3 Å². The lowest BCUT2D eigenvalue weighted by Gasteiger charge is -2.12. The minimum absolute atomic E-state index is 0.0973. The number of aryl methyl sites for hydroxylation is 1. The van der Waals surface area contributed by atoms with Gasteiger partial charge in [-0.05, 0) is 55.3 Å². The third-order valence-electron chi connectivity index (χ3n) is 4.44. The number of hydrogen-bond acceptors (Lipinski definition) is 5. The highest BCUT2D eigenvalue weighted by molar-refractivity contribution is 5.95.